The Bertz CT molecular complexity index is 704. The molecular weight excluding hydrogens is 294 g/mol. The van der Waals surface area contributed by atoms with Gasteiger partial charge in [-0.1, -0.05) is 26.3 Å². The van der Waals surface area contributed by atoms with E-state index >= 15 is 0 Å². The van der Waals surface area contributed by atoms with Crippen molar-refractivity contribution in [3.63, 3.8) is 0 Å². The van der Waals surface area contributed by atoms with Crippen LogP contribution < -0.4 is 11.0 Å². The molecule has 2 unspecified atom stereocenters. The van der Waals surface area contributed by atoms with Crippen LogP contribution in [0.2, 0.25) is 0 Å². The molecule has 0 bridgehead atoms. The second kappa shape index (κ2) is 7.97. The van der Waals surface area contributed by atoms with Gasteiger partial charge in [-0.25, -0.2) is 4.79 Å². The molecule has 0 aliphatic rings. The Morgan fingerprint density at radius 1 is 1.30 bits per heavy atom. The van der Waals surface area contributed by atoms with Crippen molar-refractivity contribution in [3.05, 3.63) is 34.2 Å². The highest BCUT2D eigenvalue weighted by Gasteiger charge is 2.13. The van der Waals surface area contributed by atoms with Gasteiger partial charge >= 0.3 is 5.69 Å². The number of aliphatic hydroxyl groups excluding tert-OH is 1. The Labute approximate surface area is 135 Å². The Balaban J connectivity index is 1.75. The van der Waals surface area contributed by atoms with Gasteiger partial charge in [0.05, 0.1) is 17.1 Å². The molecule has 1 aromatic heterocycles. The maximum atomic E-state index is 11.8. The number of amides is 1. The molecule has 1 heterocycles. The first-order chi connectivity index (χ1) is 11.0. The minimum Gasteiger partial charge on any atom is -0.391 e. The second-order valence-electron chi connectivity index (χ2n) is 6.07. The number of hydrogen-bond acceptors (Lipinski definition) is 3. The lowest BCUT2D eigenvalue weighted by molar-refractivity contribution is -0.121. The van der Waals surface area contributed by atoms with Gasteiger partial charge in [-0.2, -0.15) is 0 Å². The Morgan fingerprint density at radius 3 is 2.78 bits per heavy atom. The molecule has 0 spiro atoms. The molecule has 4 N–H and O–H groups in total. The minimum absolute atomic E-state index is 0.0384. The standard InChI is InChI=1S/C17H25N3O3/c1-3-11(2)15(21)10-18-16(22)6-4-5-12-7-8-13-14(9-12)20-17(23)19-13/h7-9,11,15,21H,3-6,10H2,1-2H3,(H,18,22)(H2,19,20,23). The third kappa shape index (κ3) is 4.96. The summed E-state index contributed by atoms with van der Waals surface area (Å²) in [4.78, 5) is 28.4. The highest BCUT2D eigenvalue weighted by atomic mass is 16.3. The van der Waals surface area contributed by atoms with Gasteiger partial charge in [0.25, 0.3) is 0 Å². The summed E-state index contributed by atoms with van der Waals surface area (Å²) in [5, 5.41) is 12.6. The topological polar surface area (TPSA) is 98.0 Å². The van der Waals surface area contributed by atoms with E-state index < -0.39 is 6.10 Å². The van der Waals surface area contributed by atoms with Gasteiger partial charge in [-0.3, -0.25) is 4.79 Å². The van der Waals surface area contributed by atoms with Crippen molar-refractivity contribution in [1.82, 2.24) is 15.3 Å². The van der Waals surface area contributed by atoms with Crippen LogP contribution in [0.15, 0.2) is 23.0 Å². The molecule has 0 aliphatic heterocycles. The van der Waals surface area contributed by atoms with Crippen LogP contribution in [0.1, 0.15) is 38.7 Å². The van der Waals surface area contributed by atoms with E-state index in [1.165, 1.54) is 0 Å². The molecule has 1 amide bonds. The molecule has 0 saturated heterocycles. The van der Waals surface area contributed by atoms with Crippen molar-refractivity contribution >= 4 is 16.9 Å². The monoisotopic (exact) mass is 319 g/mol. The van der Waals surface area contributed by atoms with Crippen LogP contribution in [0.5, 0.6) is 0 Å². The molecular formula is C17H25N3O3. The Hall–Kier alpha value is -2.08. The summed E-state index contributed by atoms with van der Waals surface area (Å²) in [6.07, 6.45) is 2.32. The average Bonchev–Trinajstić information content (AvgIpc) is 2.91. The van der Waals surface area contributed by atoms with E-state index in [2.05, 4.69) is 15.3 Å². The number of benzene rings is 1. The van der Waals surface area contributed by atoms with Crippen LogP contribution >= 0.6 is 0 Å². The summed E-state index contributed by atoms with van der Waals surface area (Å²) in [5.41, 5.74) is 2.45. The number of aliphatic hydroxyl groups is 1. The van der Waals surface area contributed by atoms with Gasteiger partial charge in [0.15, 0.2) is 0 Å². The lowest BCUT2D eigenvalue weighted by Gasteiger charge is -2.17. The zero-order valence-electron chi connectivity index (χ0n) is 13.7. The highest BCUT2D eigenvalue weighted by molar-refractivity contribution is 5.76. The molecule has 0 aliphatic carbocycles. The molecule has 2 rings (SSSR count). The number of carbonyl (C=O) groups is 1. The first kappa shape index (κ1) is 17.3. The first-order valence-electron chi connectivity index (χ1n) is 8.15. The van der Waals surface area contributed by atoms with E-state index in [0.29, 0.717) is 13.0 Å². The zero-order chi connectivity index (χ0) is 16.8. The number of rotatable bonds is 8. The molecule has 6 heteroatoms. The predicted octanol–water partition coefficient (Wildman–Crippen LogP) is 1.70. The molecule has 2 aromatic rings. The maximum absolute atomic E-state index is 11.8. The summed E-state index contributed by atoms with van der Waals surface area (Å²) >= 11 is 0. The largest absolute Gasteiger partial charge is 0.391 e. The zero-order valence-corrected chi connectivity index (χ0v) is 13.7. The number of aromatic amines is 2. The van der Waals surface area contributed by atoms with Crippen LogP contribution in [0.25, 0.3) is 11.0 Å². The van der Waals surface area contributed by atoms with Gasteiger partial charge in [-0.05, 0) is 36.5 Å². The quantitative estimate of drug-likeness (QED) is 0.596. The number of carbonyl (C=O) groups excluding carboxylic acids is 1. The van der Waals surface area contributed by atoms with E-state index in [1.54, 1.807) is 0 Å². The van der Waals surface area contributed by atoms with Crippen molar-refractivity contribution in [2.24, 2.45) is 5.92 Å². The molecule has 23 heavy (non-hydrogen) atoms. The summed E-state index contributed by atoms with van der Waals surface area (Å²) in [6.45, 7) is 4.30. The number of hydrogen-bond donors (Lipinski definition) is 4. The Kier molecular flexibility index (Phi) is 5.98. The number of nitrogens with one attached hydrogen (secondary N) is 3. The minimum atomic E-state index is -0.489. The lowest BCUT2D eigenvalue weighted by atomic mass is 10.0. The predicted molar refractivity (Wildman–Crippen MR) is 90.3 cm³/mol. The van der Waals surface area contributed by atoms with Gasteiger partial charge in [0.2, 0.25) is 5.91 Å². The summed E-state index contributed by atoms with van der Waals surface area (Å²) in [7, 11) is 0. The molecule has 126 valence electrons. The van der Waals surface area contributed by atoms with Crippen molar-refractivity contribution < 1.29 is 9.90 Å². The number of aromatic nitrogens is 2. The summed E-state index contributed by atoms with van der Waals surface area (Å²) in [6, 6.07) is 5.75. The van der Waals surface area contributed by atoms with Crippen molar-refractivity contribution in [2.45, 2.75) is 45.6 Å². The number of aryl methyl sites for hydroxylation is 1. The van der Waals surface area contributed by atoms with Crippen LogP contribution in [0.4, 0.5) is 0 Å². The van der Waals surface area contributed by atoms with Crippen molar-refractivity contribution in [3.8, 4) is 0 Å². The fourth-order valence-corrected chi connectivity index (χ4v) is 2.47. The van der Waals surface area contributed by atoms with Gasteiger partial charge in [0.1, 0.15) is 0 Å². The molecule has 1 aromatic carbocycles. The fraction of sp³-hybridized carbons (Fsp3) is 0.529. The third-order valence-corrected chi connectivity index (χ3v) is 4.26. The van der Waals surface area contributed by atoms with E-state index in [9.17, 15) is 14.7 Å². The number of imidazole rings is 1. The molecule has 6 nitrogen and oxygen atoms in total. The lowest BCUT2D eigenvalue weighted by Crippen LogP contribution is -2.35. The SMILES string of the molecule is CCC(C)C(O)CNC(=O)CCCc1ccc2[nH]c(=O)[nH]c2c1. The smallest absolute Gasteiger partial charge is 0.323 e. The highest BCUT2D eigenvalue weighted by Crippen LogP contribution is 2.12. The van der Waals surface area contributed by atoms with Gasteiger partial charge in [-0.15, -0.1) is 0 Å². The van der Waals surface area contributed by atoms with Crippen molar-refractivity contribution in [1.29, 1.82) is 0 Å². The summed E-state index contributed by atoms with van der Waals surface area (Å²) in [5.74, 6) is 0.147. The second-order valence-corrected chi connectivity index (χ2v) is 6.07. The molecule has 0 saturated carbocycles. The fourth-order valence-electron chi connectivity index (χ4n) is 2.47. The van der Waals surface area contributed by atoms with E-state index in [4.69, 9.17) is 0 Å². The number of H-pyrrole nitrogens is 2. The van der Waals surface area contributed by atoms with Crippen LogP contribution in [-0.4, -0.2) is 33.6 Å². The molecule has 0 radical (unpaired) electrons. The maximum Gasteiger partial charge on any atom is 0.323 e. The normalized spacial score (nSPS) is 13.9. The summed E-state index contributed by atoms with van der Waals surface area (Å²) < 4.78 is 0. The number of fused-ring (bicyclic) bond motifs is 1. The first-order valence-corrected chi connectivity index (χ1v) is 8.15. The average molecular weight is 319 g/mol. The van der Waals surface area contributed by atoms with E-state index in [0.717, 1.165) is 35.9 Å². The van der Waals surface area contributed by atoms with E-state index in [1.807, 2.05) is 32.0 Å². The third-order valence-electron chi connectivity index (χ3n) is 4.26. The van der Waals surface area contributed by atoms with E-state index in [-0.39, 0.29) is 17.5 Å². The molecule has 2 atom stereocenters. The van der Waals surface area contributed by atoms with Crippen molar-refractivity contribution in [2.75, 3.05) is 6.54 Å². The van der Waals surface area contributed by atoms with Crippen LogP contribution in [0.3, 0.4) is 0 Å². The Morgan fingerprint density at radius 2 is 2.04 bits per heavy atom. The van der Waals surface area contributed by atoms with Crippen LogP contribution in [0, 0.1) is 5.92 Å². The van der Waals surface area contributed by atoms with Crippen LogP contribution in [-0.2, 0) is 11.2 Å². The molecule has 0 fully saturated rings. The van der Waals surface area contributed by atoms with Gasteiger partial charge < -0.3 is 20.4 Å². The van der Waals surface area contributed by atoms with Gasteiger partial charge in [0, 0.05) is 13.0 Å².